The Morgan fingerprint density at radius 2 is 1.88 bits per heavy atom. The van der Waals surface area contributed by atoms with Crippen LogP contribution in [0.15, 0.2) is 46.9 Å². The van der Waals surface area contributed by atoms with Crippen LogP contribution < -0.4 is 4.57 Å². The highest BCUT2D eigenvalue weighted by molar-refractivity contribution is 5.93. The van der Waals surface area contributed by atoms with E-state index in [4.69, 9.17) is 4.42 Å². The fourth-order valence-electron chi connectivity index (χ4n) is 2.36. The molecule has 0 saturated carbocycles. The van der Waals surface area contributed by atoms with E-state index in [0.717, 1.165) is 18.0 Å². The van der Waals surface area contributed by atoms with Crippen LogP contribution in [0.5, 0.6) is 0 Å². The number of hydrogen-bond donors (Lipinski definition) is 0. The molecule has 2 heterocycles. The zero-order valence-corrected chi connectivity index (χ0v) is 8.68. The molecule has 0 amide bonds. The Hall–Kier alpha value is -2.09. The third-order valence-corrected chi connectivity index (χ3v) is 3.15. The molecule has 1 aliphatic rings. The Morgan fingerprint density at radius 3 is 2.75 bits per heavy atom. The first kappa shape index (κ1) is 8.11. The van der Waals surface area contributed by atoms with Crippen LogP contribution in [-0.4, -0.2) is 0 Å². The Morgan fingerprint density at radius 1 is 1.06 bits per heavy atom. The van der Waals surface area contributed by atoms with E-state index in [1.54, 1.807) is 0 Å². The maximum Gasteiger partial charge on any atom is 0.374 e. The summed E-state index contributed by atoms with van der Waals surface area (Å²) in [6.07, 6.45) is 4.15. The molecular weight excluding hydrogens is 198 g/mol. The van der Waals surface area contributed by atoms with E-state index < -0.39 is 0 Å². The molecule has 4 rings (SSSR count). The first-order valence-electron chi connectivity index (χ1n) is 5.43. The van der Waals surface area contributed by atoms with Gasteiger partial charge in [0.1, 0.15) is 0 Å². The van der Waals surface area contributed by atoms with Gasteiger partial charge in [-0.1, -0.05) is 24.3 Å². The molecule has 2 heteroatoms. The maximum absolute atomic E-state index is 5.79. The molecule has 0 bridgehead atoms. The van der Waals surface area contributed by atoms with Gasteiger partial charge in [-0.2, -0.15) is 4.57 Å². The molecule has 1 aliphatic heterocycles. The van der Waals surface area contributed by atoms with Gasteiger partial charge in [-0.15, -0.1) is 0 Å². The molecule has 16 heavy (non-hydrogen) atoms. The van der Waals surface area contributed by atoms with Crippen molar-refractivity contribution in [3.63, 3.8) is 0 Å². The van der Waals surface area contributed by atoms with Gasteiger partial charge in [0.25, 0.3) is 5.52 Å². The van der Waals surface area contributed by atoms with Gasteiger partial charge < -0.3 is 4.42 Å². The van der Waals surface area contributed by atoms with Gasteiger partial charge in [-0.3, -0.25) is 0 Å². The van der Waals surface area contributed by atoms with Crippen LogP contribution in [0.25, 0.3) is 27.9 Å². The van der Waals surface area contributed by atoms with Gasteiger partial charge in [-0.25, -0.2) is 0 Å². The smallest absolute Gasteiger partial charge is 0.374 e. The summed E-state index contributed by atoms with van der Waals surface area (Å²) in [6, 6.07) is 12.7. The molecule has 3 aromatic rings. The summed E-state index contributed by atoms with van der Waals surface area (Å²) in [5.41, 5.74) is 2.15. The van der Waals surface area contributed by atoms with Crippen LogP contribution in [0.1, 0.15) is 5.89 Å². The monoisotopic (exact) mass is 208 g/mol. The highest BCUT2D eigenvalue weighted by atomic mass is 16.4. The highest BCUT2D eigenvalue weighted by Crippen LogP contribution is 2.23. The predicted octanol–water partition coefficient (Wildman–Crippen LogP) is 2.90. The first-order chi connectivity index (χ1) is 7.92. The van der Waals surface area contributed by atoms with Crippen molar-refractivity contribution in [1.29, 1.82) is 0 Å². The average Bonchev–Trinajstić information content (AvgIpc) is 2.86. The quantitative estimate of drug-likeness (QED) is 0.519. The third kappa shape index (κ3) is 0.936. The van der Waals surface area contributed by atoms with Crippen molar-refractivity contribution >= 4 is 27.9 Å². The van der Waals surface area contributed by atoms with Crippen LogP contribution in [0.2, 0.25) is 0 Å². The standard InChI is InChI=1S/C14H10NO/c1-2-5-11-9-13-12(8-10(11)4-1)15-7-3-6-14(15)16-13/h1-6,8-9H,7H2/q+1. The van der Waals surface area contributed by atoms with Crippen molar-refractivity contribution in [3.05, 3.63) is 48.4 Å². The molecule has 0 fully saturated rings. The number of rotatable bonds is 0. The molecule has 1 aromatic heterocycles. The molecule has 2 nitrogen and oxygen atoms in total. The summed E-state index contributed by atoms with van der Waals surface area (Å²) in [5.74, 6) is 0.949. The lowest BCUT2D eigenvalue weighted by Gasteiger charge is -1.94. The molecule has 0 atom stereocenters. The Bertz CT molecular complexity index is 737. The lowest BCUT2D eigenvalue weighted by molar-refractivity contribution is -0.663. The fourth-order valence-corrected chi connectivity index (χ4v) is 2.36. The fraction of sp³-hybridized carbons (Fsp3) is 0.0714. The van der Waals surface area contributed by atoms with E-state index in [2.05, 4.69) is 47.0 Å². The number of oxazole rings is 1. The molecule has 2 aromatic carbocycles. The second kappa shape index (κ2) is 2.73. The number of fused-ring (bicyclic) bond motifs is 4. The van der Waals surface area contributed by atoms with Gasteiger partial charge >= 0.3 is 5.89 Å². The average molecular weight is 208 g/mol. The Labute approximate surface area is 92.4 Å². The number of aromatic nitrogens is 1. The SMILES string of the molecule is C1=Cc2oc3cc4ccccc4cc3[n+]2C1. The van der Waals surface area contributed by atoms with Gasteiger partial charge in [0, 0.05) is 6.07 Å². The molecule has 0 aliphatic carbocycles. The lowest BCUT2D eigenvalue weighted by atomic mass is 10.1. The van der Waals surface area contributed by atoms with Gasteiger partial charge in [0.2, 0.25) is 5.58 Å². The third-order valence-electron chi connectivity index (χ3n) is 3.15. The van der Waals surface area contributed by atoms with Gasteiger partial charge in [-0.05, 0) is 22.9 Å². The molecule has 0 N–H and O–H groups in total. The second-order valence-corrected chi connectivity index (χ2v) is 4.12. The van der Waals surface area contributed by atoms with E-state index in [0.29, 0.717) is 0 Å². The molecule has 0 radical (unpaired) electrons. The number of allylic oxidation sites excluding steroid dienone is 1. The molecule has 0 unspecified atom stereocenters. The molecule has 0 spiro atoms. The van der Waals surface area contributed by atoms with Crippen LogP contribution in [0.4, 0.5) is 0 Å². The minimum Gasteiger partial charge on any atom is -0.398 e. The topological polar surface area (TPSA) is 17.0 Å². The minimum absolute atomic E-state index is 0.917. The number of benzene rings is 2. The maximum atomic E-state index is 5.79. The zero-order chi connectivity index (χ0) is 10.5. The lowest BCUT2D eigenvalue weighted by Crippen LogP contribution is -2.30. The van der Waals surface area contributed by atoms with E-state index in [1.165, 1.54) is 16.3 Å². The second-order valence-electron chi connectivity index (χ2n) is 4.12. The molecule has 0 saturated heterocycles. The van der Waals surface area contributed by atoms with Crippen LogP contribution in [-0.2, 0) is 6.54 Å². The largest absolute Gasteiger partial charge is 0.398 e. The minimum atomic E-state index is 0.917. The summed E-state index contributed by atoms with van der Waals surface area (Å²) in [4.78, 5) is 0. The van der Waals surface area contributed by atoms with E-state index in [-0.39, 0.29) is 0 Å². The summed E-state index contributed by atoms with van der Waals surface area (Å²) < 4.78 is 7.99. The first-order valence-corrected chi connectivity index (χ1v) is 5.43. The number of hydrogen-bond acceptors (Lipinski definition) is 1. The van der Waals surface area contributed by atoms with Crippen molar-refractivity contribution in [1.82, 2.24) is 0 Å². The summed E-state index contributed by atoms with van der Waals surface area (Å²) in [5, 5.41) is 2.49. The van der Waals surface area contributed by atoms with Crippen molar-refractivity contribution in [2.45, 2.75) is 6.54 Å². The normalized spacial score (nSPS) is 13.8. The summed E-state index contributed by atoms with van der Waals surface area (Å²) in [6.45, 7) is 0.917. The van der Waals surface area contributed by atoms with E-state index in [1.807, 2.05) is 6.08 Å². The number of nitrogens with zero attached hydrogens (tertiary/aromatic N) is 1. The van der Waals surface area contributed by atoms with Crippen LogP contribution >= 0.6 is 0 Å². The predicted molar refractivity (Wildman–Crippen MR) is 62.9 cm³/mol. The van der Waals surface area contributed by atoms with Gasteiger partial charge in [0.05, 0.1) is 6.08 Å². The van der Waals surface area contributed by atoms with Crippen LogP contribution in [0, 0.1) is 0 Å². The van der Waals surface area contributed by atoms with Crippen molar-refractivity contribution < 1.29 is 8.98 Å². The summed E-state index contributed by atoms with van der Waals surface area (Å²) in [7, 11) is 0. The van der Waals surface area contributed by atoms with Crippen molar-refractivity contribution in [2.75, 3.05) is 0 Å². The zero-order valence-electron chi connectivity index (χ0n) is 8.68. The Kier molecular flexibility index (Phi) is 1.38. The van der Waals surface area contributed by atoms with Gasteiger partial charge in [0.15, 0.2) is 6.54 Å². The van der Waals surface area contributed by atoms with Crippen LogP contribution in [0.3, 0.4) is 0 Å². The van der Waals surface area contributed by atoms with Crippen molar-refractivity contribution in [3.8, 4) is 0 Å². The van der Waals surface area contributed by atoms with E-state index in [9.17, 15) is 0 Å². The highest BCUT2D eigenvalue weighted by Gasteiger charge is 2.23. The molecule has 76 valence electrons. The van der Waals surface area contributed by atoms with E-state index >= 15 is 0 Å². The Balaban J connectivity index is 2.20. The summed E-state index contributed by atoms with van der Waals surface area (Å²) >= 11 is 0. The molecular formula is C14H10NO+. The van der Waals surface area contributed by atoms with Crippen molar-refractivity contribution in [2.24, 2.45) is 0 Å².